The largest absolute Gasteiger partial charge is 0.463 e. The van der Waals surface area contributed by atoms with Crippen LogP contribution < -0.4 is 5.56 Å². The van der Waals surface area contributed by atoms with Crippen molar-refractivity contribution in [2.45, 2.75) is 45.3 Å². The summed E-state index contributed by atoms with van der Waals surface area (Å²) < 4.78 is 22.7. The molecule has 0 saturated carbocycles. The molecule has 0 spiro atoms. The molecule has 2 aromatic rings. The van der Waals surface area contributed by atoms with Crippen molar-refractivity contribution in [2.75, 3.05) is 6.61 Å². The number of H-pyrrole nitrogens is 1. The summed E-state index contributed by atoms with van der Waals surface area (Å²) in [5, 5.41) is 9.46. The van der Waals surface area contributed by atoms with E-state index in [-0.39, 0.29) is 17.8 Å². The van der Waals surface area contributed by atoms with E-state index in [1.165, 1.54) is 31.7 Å². The van der Waals surface area contributed by atoms with Crippen LogP contribution in [0, 0.1) is 0 Å². The summed E-state index contributed by atoms with van der Waals surface area (Å²) in [6.45, 7) is 3.32. The minimum absolute atomic E-state index is 0.00681. The van der Waals surface area contributed by atoms with Crippen molar-refractivity contribution in [1.82, 2.24) is 25.0 Å². The number of hydrogen-bond donors (Lipinski definition) is 1. The van der Waals surface area contributed by atoms with E-state index in [9.17, 15) is 19.2 Å². The van der Waals surface area contributed by atoms with Gasteiger partial charge in [-0.3, -0.25) is 23.7 Å². The Morgan fingerprint density at radius 1 is 1.14 bits per heavy atom. The zero-order valence-corrected chi connectivity index (χ0v) is 15.1. The highest BCUT2D eigenvalue weighted by Crippen LogP contribution is 2.35. The molecule has 0 aromatic carbocycles. The van der Waals surface area contributed by atoms with Gasteiger partial charge in [-0.15, -0.1) is 5.10 Å². The quantitative estimate of drug-likeness (QED) is 0.479. The molecule has 28 heavy (non-hydrogen) atoms. The van der Waals surface area contributed by atoms with Crippen LogP contribution in [-0.4, -0.2) is 67.8 Å². The third-order valence-electron chi connectivity index (χ3n) is 3.89. The average molecular weight is 395 g/mol. The Hall–Kier alpha value is -3.35. The van der Waals surface area contributed by atoms with Gasteiger partial charge < -0.3 is 18.9 Å². The molecule has 13 nitrogen and oxygen atoms in total. The summed E-state index contributed by atoms with van der Waals surface area (Å²) in [7, 11) is 0. The first-order valence-corrected chi connectivity index (χ1v) is 8.19. The lowest BCUT2D eigenvalue weighted by molar-refractivity contribution is -0.166. The van der Waals surface area contributed by atoms with Gasteiger partial charge in [0.1, 0.15) is 12.7 Å². The number of carbonyl (C=O) groups excluding carboxylic acids is 3. The van der Waals surface area contributed by atoms with Crippen molar-refractivity contribution in [3.05, 3.63) is 16.7 Å². The van der Waals surface area contributed by atoms with E-state index in [0.717, 1.165) is 0 Å². The lowest BCUT2D eigenvalue weighted by Gasteiger charge is -2.23. The van der Waals surface area contributed by atoms with Crippen LogP contribution in [0.2, 0.25) is 0 Å². The fourth-order valence-corrected chi connectivity index (χ4v) is 2.89. The van der Waals surface area contributed by atoms with Gasteiger partial charge in [0, 0.05) is 20.8 Å². The summed E-state index contributed by atoms with van der Waals surface area (Å²) in [5.41, 5.74) is -0.507. The number of aromatic nitrogens is 5. The van der Waals surface area contributed by atoms with Crippen LogP contribution in [0.3, 0.4) is 0 Å². The predicted octanol–water partition coefficient (Wildman–Crippen LogP) is -1.16. The molecule has 150 valence electrons. The summed E-state index contributed by atoms with van der Waals surface area (Å²) in [6, 6.07) is 0. The Kier molecular flexibility index (Phi) is 5.35. The van der Waals surface area contributed by atoms with E-state index < -0.39 is 48.0 Å². The van der Waals surface area contributed by atoms with Gasteiger partial charge in [-0.05, 0) is 0 Å². The summed E-state index contributed by atoms with van der Waals surface area (Å²) in [4.78, 5) is 50.1. The number of imidazole rings is 1. The van der Waals surface area contributed by atoms with Crippen molar-refractivity contribution < 1.29 is 33.3 Å². The van der Waals surface area contributed by atoms with E-state index in [2.05, 4.69) is 20.4 Å². The third-order valence-corrected chi connectivity index (χ3v) is 3.89. The van der Waals surface area contributed by atoms with Gasteiger partial charge >= 0.3 is 17.9 Å². The normalized spacial score (nSPS) is 24.1. The Labute approximate surface area is 156 Å². The molecule has 0 radical (unpaired) electrons. The summed E-state index contributed by atoms with van der Waals surface area (Å²) in [6.07, 6.45) is -2.92. The zero-order valence-electron chi connectivity index (χ0n) is 15.1. The van der Waals surface area contributed by atoms with Crippen LogP contribution in [0.4, 0.5) is 0 Å². The molecule has 4 unspecified atom stereocenters. The Morgan fingerprint density at radius 2 is 1.82 bits per heavy atom. The maximum Gasteiger partial charge on any atom is 0.303 e. The number of ether oxygens (including phenoxy) is 4. The van der Waals surface area contributed by atoms with Crippen LogP contribution in [0.15, 0.2) is 11.1 Å². The average Bonchev–Trinajstić information content (AvgIpc) is 3.16. The van der Waals surface area contributed by atoms with Gasteiger partial charge in [-0.1, -0.05) is 5.21 Å². The number of carbonyl (C=O) groups is 3. The zero-order chi connectivity index (χ0) is 20.4. The van der Waals surface area contributed by atoms with E-state index >= 15 is 0 Å². The highest BCUT2D eigenvalue weighted by atomic mass is 16.7. The van der Waals surface area contributed by atoms with Gasteiger partial charge in [0.25, 0.3) is 5.56 Å². The molecule has 13 heteroatoms. The summed E-state index contributed by atoms with van der Waals surface area (Å²) in [5.74, 6) is -1.87. The van der Waals surface area contributed by atoms with Crippen LogP contribution >= 0.6 is 0 Å². The van der Waals surface area contributed by atoms with Crippen molar-refractivity contribution in [3.63, 3.8) is 0 Å². The number of aromatic amines is 1. The van der Waals surface area contributed by atoms with Gasteiger partial charge in [-0.2, -0.15) is 0 Å². The van der Waals surface area contributed by atoms with Crippen LogP contribution in [-0.2, 0) is 33.3 Å². The van der Waals surface area contributed by atoms with Gasteiger partial charge in [0.15, 0.2) is 29.6 Å². The number of nitrogens with zero attached hydrogens (tertiary/aromatic N) is 4. The van der Waals surface area contributed by atoms with Crippen molar-refractivity contribution in [3.8, 4) is 0 Å². The molecular formula is C15H17N5O8. The van der Waals surface area contributed by atoms with Crippen LogP contribution in [0.5, 0.6) is 0 Å². The molecular weight excluding hydrogens is 378 g/mol. The highest BCUT2D eigenvalue weighted by Gasteiger charge is 2.51. The lowest BCUT2D eigenvalue weighted by atomic mass is 10.1. The first kappa shape index (κ1) is 19.4. The molecule has 2 aromatic heterocycles. The molecule has 1 N–H and O–H groups in total. The Bertz CT molecular complexity index is 969. The smallest absolute Gasteiger partial charge is 0.303 e. The number of nitrogens with one attached hydrogen (secondary N) is 1. The first-order valence-electron chi connectivity index (χ1n) is 8.19. The van der Waals surface area contributed by atoms with Crippen LogP contribution in [0.25, 0.3) is 11.2 Å². The Morgan fingerprint density at radius 3 is 2.46 bits per heavy atom. The van der Waals surface area contributed by atoms with E-state index in [1.54, 1.807) is 0 Å². The maximum atomic E-state index is 11.8. The topological polar surface area (TPSA) is 165 Å². The van der Waals surface area contributed by atoms with Gasteiger partial charge in [0.2, 0.25) is 0 Å². The van der Waals surface area contributed by atoms with Gasteiger partial charge in [0.05, 0.1) is 6.33 Å². The number of rotatable bonds is 5. The van der Waals surface area contributed by atoms with Crippen LogP contribution in [0.1, 0.15) is 27.0 Å². The Balaban J connectivity index is 2.02. The molecule has 3 rings (SSSR count). The third kappa shape index (κ3) is 3.83. The second kappa shape index (κ2) is 7.72. The number of hydrogen-bond acceptors (Lipinski definition) is 11. The molecule has 4 atom stereocenters. The SMILES string of the molecule is CC(=O)OCC1OC(n2cnc3c(=O)[nH]nnc32)C(OC(C)=O)C1OC(C)=O. The molecule has 0 bridgehead atoms. The standard InChI is InChI=1S/C15H17N5O8/c1-6(21)25-4-9-11(26-7(2)22)12(27-8(3)23)15(28-9)20-5-16-10-13(20)17-19-18-14(10)24/h5,9,11-12,15H,4H2,1-3H3,(H,17,18,24). The van der Waals surface area contributed by atoms with E-state index in [4.69, 9.17) is 18.9 Å². The number of esters is 3. The second-order valence-electron chi connectivity index (χ2n) is 5.98. The van der Waals surface area contributed by atoms with E-state index in [0.29, 0.717) is 0 Å². The lowest BCUT2D eigenvalue weighted by Crippen LogP contribution is -2.40. The maximum absolute atomic E-state index is 11.8. The van der Waals surface area contributed by atoms with Crippen molar-refractivity contribution in [2.24, 2.45) is 0 Å². The minimum atomic E-state index is -1.11. The van der Waals surface area contributed by atoms with Crippen molar-refractivity contribution in [1.29, 1.82) is 0 Å². The summed E-state index contributed by atoms with van der Waals surface area (Å²) >= 11 is 0. The molecule has 1 fully saturated rings. The van der Waals surface area contributed by atoms with Gasteiger partial charge in [-0.25, -0.2) is 10.1 Å². The van der Waals surface area contributed by atoms with E-state index in [1.807, 2.05) is 0 Å². The monoisotopic (exact) mass is 395 g/mol. The molecule has 1 saturated heterocycles. The molecule has 1 aliphatic rings. The first-order chi connectivity index (χ1) is 13.3. The minimum Gasteiger partial charge on any atom is -0.463 e. The highest BCUT2D eigenvalue weighted by molar-refractivity contribution is 5.69. The molecule has 0 aliphatic carbocycles. The molecule has 1 aliphatic heterocycles. The molecule has 3 heterocycles. The van der Waals surface area contributed by atoms with Crippen molar-refractivity contribution >= 4 is 29.1 Å². The fourth-order valence-electron chi connectivity index (χ4n) is 2.89. The molecule has 0 amide bonds. The number of fused-ring (bicyclic) bond motifs is 1. The second-order valence-corrected chi connectivity index (χ2v) is 5.98. The fraction of sp³-hybridized carbons (Fsp3) is 0.533. The predicted molar refractivity (Wildman–Crippen MR) is 87.6 cm³/mol.